The Balaban J connectivity index is 2.54. The fraction of sp³-hybridized carbons (Fsp3) is 0. The Morgan fingerprint density at radius 1 is 1.36 bits per heavy atom. The molecule has 1 aliphatic heterocycles. The van der Waals surface area contributed by atoms with Gasteiger partial charge in [0.05, 0.1) is 0 Å². The first-order valence-corrected chi connectivity index (χ1v) is 4.20. The molecule has 1 aromatic carbocycles. The van der Waals surface area contributed by atoms with Crippen LogP contribution in [0.4, 0.5) is 5.69 Å². The van der Waals surface area contributed by atoms with Crippen LogP contribution in [0.5, 0.6) is 0 Å². The molecule has 0 spiro atoms. The first-order valence-electron chi connectivity index (χ1n) is 3.05. The van der Waals surface area contributed by atoms with Gasteiger partial charge in [-0.3, -0.25) is 0 Å². The van der Waals surface area contributed by atoms with Crippen LogP contribution in [-0.4, -0.2) is 4.55 Å². The highest BCUT2D eigenvalue weighted by Crippen LogP contribution is 2.26. The third kappa shape index (κ3) is 1.08. The fourth-order valence-electron chi connectivity index (χ4n) is 0.857. The highest BCUT2D eigenvalue weighted by atomic mass is 32.2. The summed E-state index contributed by atoms with van der Waals surface area (Å²) in [6, 6.07) is 7.19. The van der Waals surface area contributed by atoms with Crippen LogP contribution in [0.25, 0.3) is 0 Å². The molecule has 1 heterocycles. The molecule has 0 saturated heterocycles. The van der Waals surface area contributed by atoms with Crippen molar-refractivity contribution in [3.8, 4) is 0 Å². The summed E-state index contributed by atoms with van der Waals surface area (Å²) in [6.45, 7) is 0. The van der Waals surface area contributed by atoms with Crippen LogP contribution in [0.3, 0.4) is 0 Å². The third-order valence-electron chi connectivity index (χ3n) is 1.35. The van der Waals surface area contributed by atoms with Crippen molar-refractivity contribution in [2.45, 2.75) is 4.90 Å². The molecular formula is C6H5N3OS. The topological polar surface area (TPSA) is 59.8 Å². The summed E-state index contributed by atoms with van der Waals surface area (Å²) in [7, 11) is 0. The molecule has 1 aromatic rings. The van der Waals surface area contributed by atoms with Gasteiger partial charge in [-0.15, -0.1) is 9.95 Å². The van der Waals surface area contributed by atoms with E-state index in [1.54, 1.807) is 12.1 Å². The van der Waals surface area contributed by atoms with Crippen LogP contribution < -0.4 is 4.83 Å². The van der Waals surface area contributed by atoms with Gasteiger partial charge in [-0.2, -0.15) is 0 Å². The van der Waals surface area contributed by atoms with Crippen molar-refractivity contribution in [3.05, 3.63) is 24.3 Å². The zero-order chi connectivity index (χ0) is 7.68. The monoisotopic (exact) mass is 167 g/mol. The second-order valence-corrected chi connectivity index (χ2v) is 3.19. The lowest BCUT2D eigenvalue weighted by Gasteiger charge is -2.11. The molecule has 0 amide bonds. The Hall–Kier alpha value is -1.07. The van der Waals surface area contributed by atoms with Gasteiger partial charge in [0.15, 0.2) is 0 Å². The Morgan fingerprint density at radius 3 is 3.00 bits per heavy atom. The molecule has 4 nitrogen and oxygen atoms in total. The van der Waals surface area contributed by atoms with Crippen LogP contribution >= 0.6 is 0 Å². The van der Waals surface area contributed by atoms with Gasteiger partial charge < -0.3 is 4.55 Å². The summed E-state index contributed by atoms with van der Waals surface area (Å²) in [5.74, 6) is 0. The third-order valence-corrected chi connectivity index (χ3v) is 2.34. The van der Waals surface area contributed by atoms with Crippen molar-refractivity contribution in [2.24, 2.45) is 10.3 Å². The highest BCUT2D eigenvalue weighted by Gasteiger charge is 2.18. The maximum Gasteiger partial charge on any atom is 0.209 e. The van der Waals surface area contributed by atoms with E-state index in [1.807, 2.05) is 12.1 Å². The standard InChI is InChI=1S/C6H5N3OS/c10-11-6-4-2-1-3-5(6)7-8-9-11/h1-4H,(H,7,9). The van der Waals surface area contributed by atoms with Gasteiger partial charge in [-0.1, -0.05) is 12.1 Å². The molecular weight excluding hydrogens is 162 g/mol. The van der Waals surface area contributed by atoms with E-state index >= 15 is 0 Å². The Morgan fingerprint density at radius 2 is 2.18 bits per heavy atom. The Labute approximate surface area is 66.6 Å². The van der Waals surface area contributed by atoms with Crippen molar-refractivity contribution in [1.82, 2.24) is 4.83 Å². The molecule has 0 radical (unpaired) electrons. The summed E-state index contributed by atoms with van der Waals surface area (Å²) in [5.41, 5.74) is 0.671. The number of nitrogens with zero attached hydrogens (tertiary/aromatic N) is 2. The molecule has 0 fully saturated rings. The van der Waals surface area contributed by atoms with Crippen molar-refractivity contribution < 1.29 is 4.55 Å². The maximum absolute atomic E-state index is 11.1. The Kier molecular flexibility index (Phi) is 1.52. The van der Waals surface area contributed by atoms with Crippen LogP contribution in [0.15, 0.2) is 39.5 Å². The zero-order valence-corrected chi connectivity index (χ0v) is 6.34. The van der Waals surface area contributed by atoms with Crippen molar-refractivity contribution in [2.75, 3.05) is 0 Å². The summed E-state index contributed by atoms with van der Waals surface area (Å²) in [4.78, 5) is 3.05. The second kappa shape index (κ2) is 2.52. The van der Waals surface area contributed by atoms with Crippen molar-refractivity contribution in [3.63, 3.8) is 0 Å². The summed E-state index contributed by atoms with van der Waals surface area (Å²) in [5, 5.41) is 7.24. The smallest absolute Gasteiger partial charge is 0.209 e. The van der Waals surface area contributed by atoms with Gasteiger partial charge in [0.25, 0.3) is 0 Å². The average Bonchev–Trinajstić information content (AvgIpc) is 2.06. The van der Waals surface area contributed by atoms with E-state index in [9.17, 15) is 4.55 Å². The number of fused-ring (bicyclic) bond motifs is 1. The second-order valence-electron chi connectivity index (χ2n) is 2.03. The van der Waals surface area contributed by atoms with Crippen LogP contribution in [0.2, 0.25) is 0 Å². The molecule has 56 valence electrons. The van der Waals surface area contributed by atoms with E-state index < -0.39 is 11.4 Å². The van der Waals surface area contributed by atoms with E-state index in [4.69, 9.17) is 0 Å². The van der Waals surface area contributed by atoms with Gasteiger partial charge in [-0.05, 0) is 17.4 Å². The van der Waals surface area contributed by atoms with Gasteiger partial charge in [-0.25, -0.2) is 0 Å². The lowest BCUT2D eigenvalue weighted by Crippen LogP contribution is -2.19. The minimum atomic E-state index is -1.23. The molecule has 0 aliphatic carbocycles. The molecule has 0 saturated carbocycles. The molecule has 1 aliphatic rings. The lowest BCUT2D eigenvalue weighted by molar-refractivity contribution is 0.577. The van der Waals surface area contributed by atoms with Gasteiger partial charge in [0.1, 0.15) is 17.0 Å². The molecule has 2 rings (SSSR count). The van der Waals surface area contributed by atoms with E-state index in [0.29, 0.717) is 10.6 Å². The first-order chi connectivity index (χ1) is 5.38. The molecule has 1 unspecified atom stereocenters. The fourth-order valence-corrected chi connectivity index (χ4v) is 1.57. The number of hydrogen-bond acceptors (Lipinski definition) is 4. The molecule has 5 heteroatoms. The van der Waals surface area contributed by atoms with Gasteiger partial charge >= 0.3 is 0 Å². The quantitative estimate of drug-likeness (QED) is 0.592. The molecule has 1 atom stereocenters. The summed E-state index contributed by atoms with van der Waals surface area (Å²) < 4.78 is 11.1. The minimum absolute atomic E-state index is 0.671. The van der Waals surface area contributed by atoms with E-state index in [-0.39, 0.29) is 0 Å². The highest BCUT2D eigenvalue weighted by molar-refractivity contribution is 7.89. The first kappa shape index (κ1) is 6.63. The maximum atomic E-state index is 11.1. The molecule has 0 bridgehead atoms. The predicted molar refractivity (Wildman–Crippen MR) is 40.5 cm³/mol. The van der Waals surface area contributed by atoms with E-state index in [1.165, 1.54) is 0 Å². The number of hydrogen-bond donors (Lipinski definition) is 1. The van der Waals surface area contributed by atoms with E-state index in [2.05, 4.69) is 15.2 Å². The van der Waals surface area contributed by atoms with Gasteiger partial charge in [0, 0.05) is 0 Å². The predicted octanol–water partition coefficient (Wildman–Crippen LogP) is 1.31. The number of nitrogens with one attached hydrogen (secondary N) is 1. The zero-order valence-electron chi connectivity index (χ0n) is 5.52. The normalized spacial score (nSPS) is 20.6. The number of rotatable bonds is 0. The van der Waals surface area contributed by atoms with Crippen molar-refractivity contribution >= 4 is 17.0 Å². The van der Waals surface area contributed by atoms with E-state index in [0.717, 1.165) is 0 Å². The largest absolute Gasteiger partial charge is 0.587 e. The Bertz CT molecular complexity index is 302. The number of benzene rings is 1. The SMILES string of the molecule is [O-][S+]1NN=Nc2ccccc21. The minimum Gasteiger partial charge on any atom is -0.587 e. The van der Waals surface area contributed by atoms with Gasteiger partial charge in [0.2, 0.25) is 4.90 Å². The lowest BCUT2D eigenvalue weighted by atomic mass is 10.3. The van der Waals surface area contributed by atoms with Crippen LogP contribution in [0, 0.1) is 0 Å². The van der Waals surface area contributed by atoms with Crippen LogP contribution in [-0.2, 0) is 11.4 Å². The summed E-state index contributed by atoms with van der Waals surface area (Å²) >= 11 is -1.23. The molecule has 1 N–H and O–H groups in total. The molecule has 0 aromatic heterocycles. The molecule has 11 heavy (non-hydrogen) atoms. The van der Waals surface area contributed by atoms with Crippen molar-refractivity contribution in [1.29, 1.82) is 0 Å². The van der Waals surface area contributed by atoms with Crippen LogP contribution in [0.1, 0.15) is 0 Å². The average molecular weight is 167 g/mol. The summed E-state index contributed by atoms with van der Waals surface area (Å²) in [6.07, 6.45) is 0.